The number of carbonyl (C=O) groups is 2. The van der Waals surface area contributed by atoms with Crippen LogP contribution in [0, 0.1) is 12.3 Å². The first kappa shape index (κ1) is 16.3. The third-order valence-corrected chi connectivity index (χ3v) is 3.20. The zero-order chi connectivity index (χ0) is 14.8. The van der Waals surface area contributed by atoms with E-state index in [1.165, 1.54) is 0 Å². The molecule has 6 heteroatoms. The third kappa shape index (κ3) is 6.43. The van der Waals surface area contributed by atoms with Crippen molar-refractivity contribution in [1.29, 1.82) is 0 Å². The Hall–Kier alpha value is -1.74. The number of rotatable bonds is 7. The molecule has 20 heavy (non-hydrogen) atoms. The van der Waals surface area contributed by atoms with E-state index in [0.717, 1.165) is 19.3 Å². The summed E-state index contributed by atoms with van der Waals surface area (Å²) in [5.41, 5.74) is 0. The molecule has 0 aromatic heterocycles. The number of ether oxygens (including phenoxy) is 1. The summed E-state index contributed by atoms with van der Waals surface area (Å²) in [6, 6.07) is -0.0672. The van der Waals surface area contributed by atoms with Gasteiger partial charge in [-0.25, -0.2) is 9.59 Å². The van der Waals surface area contributed by atoms with Crippen molar-refractivity contribution in [3.8, 4) is 12.3 Å². The Morgan fingerprint density at radius 3 is 2.65 bits per heavy atom. The van der Waals surface area contributed by atoms with Crippen LogP contribution in [0.3, 0.4) is 0 Å². The van der Waals surface area contributed by atoms with Gasteiger partial charge >= 0.3 is 12.0 Å². The largest absolute Gasteiger partial charge is 0.480 e. The van der Waals surface area contributed by atoms with Crippen LogP contribution in [0.4, 0.5) is 4.79 Å². The molecule has 1 heterocycles. The molecule has 0 saturated carbocycles. The van der Waals surface area contributed by atoms with Crippen molar-refractivity contribution >= 4 is 12.0 Å². The molecule has 2 amide bonds. The maximum Gasteiger partial charge on any atom is 0.329 e. The number of likely N-dealkylation sites (tertiary alicyclic amines) is 1. The molecule has 2 N–H and O–H groups in total. The lowest BCUT2D eigenvalue weighted by Crippen LogP contribution is -2.46. The molecule has 1 aliphatic rings. The minimum atomic E-state index is -0.961. The number of amides is 2. The van der Waals surface area contributed by atoms with Crippen molar-refractivity contribution in [2.75, 3.05) is 26.2 Å². The highest BCUT2D eigenvalue weighted by Crippen LogP contribution is 2.13. The van der Waals surface area contributed by atoms with Gasteiger partial charge in [-0.15, -0.1) is 12.3 Å². The molecular formula is C14H22N2O4. The molecule has 1 rings (SSSR count). The molecule has 0 aromatic rings. The van der Waals surface area contributed by atoms with Gasteiger partial charge in [-0.3, -0.25) is 0 Å². The summed E-state index contributed by atoms with van der Waals surface area (Å²) >= 11 is 0. The van der Waals surface area contributed by atoms with E-state index in [1.807, 2.05) is 0 Å². The number of terminal acetylenes is 1. The fourth-order valence-corrected chi connectivity index (χ4v) is 2.07. The van der Waals surface area contributed by atoms with Crippen LogP contribution >= 0.6 is 0 Å². The van der Waals surface area contributed by atoms with Crippen molar-refractivity contribution in [1.82, 2.24) is 10.2 Å². The van der Waals surface area contributed by atoms with E-state index < -0.39 is 5.97 Å². The van der Waals surface area contributed by atoms with Gasteiger partial charge in [0.1, 0.15) is 6.61 Å². The summed E-state index contributed by atoms with van der Waals surface area (Å²) in [6.07, 6.45) is 8.98. The van der Waals surface area contributed by atoms with E-state index in [1.54, 1.807) is 4.90 Å². The zero-order valence-electron chi connectivity index (χ0n) is 11.6. The van der Waals surface area contributed by atoms with Crippen LogP contribution in [0.15, 0.2) is 0 Å². The molecule has 0 unspecified atom stereocenters. The highest BCUT2D eigenvalue weighted by atomic mass is 16.5. The summed E-state index contributed by atoms with van der Waals surface area (Å²) in [6.45, 7) is 1.56. The first-order valence-electron chi connectivity index (χ1n) is 6.93. The van der Waals surface area contributed by atoms with Crippen LogP contribution < -0.4 is 5.32 Å². The zero-order valence-corrected chi connectivity index (χ0v) is 11.6. The molecule has 1 aliphatic heterocycles. The number of nitrogens with zero attached hydrogens (tertiary/aromatic N) is 1. The molecule has 0 bridgehead atoms. The van der Waals surface area contributed by atoms with Gasteiger partial charge in [0.2, 0.25) is 0 Å². The van der Waals surface area contributed by atoms with Crippen molar-refractivity contribution in [2.45, 2.75) is 38.2 Å². The van der Waals surface area contributed by atoms with Gasteiger partial charge in [0.25, 0.3) is 0 Å². The second-order valence-electron chi connectivity index (χ2n) is 4.78. The van der Waals surface area contributed by atoms with Crippen LogP contribution in [-0.2, 0) is 9.53 Å². The fourth-order valence-electron chi connectivity index (χ4n) is 2.07. The normalized spacial score (nSPS) is 15.7. The highest BCUT2D eigenvalue weighted by molar-refractivity contribution is 5.74. The van der Waals surface area contributed by atoms with E-state index in [-0.39, 0.29) is 18.7 Å². The van der Waals surface area contributed by atoms with E-state index in [0.29, 0.717) is 32.5 Å². The predicted molar refractivity (Wildman–Crippen MR) is 74.3 cm³/mol. The average Bonchev–Trinajstić information content (AvgIpc) is 2.45. The lowest BCUT2D eigenvalue weighted by molar-refractivity contribution is -0.145. The van der Waals surface area contributed by atoms with Gasteiger partial charge < -0.3 is 20.1 Å². The molecule has 0 aliphatic carbocycles. The van der Waals surface area contributed by atoms with E-state index >= 15 is 0 Å². The van der Waals surface area contributed by atoms with Crippen LogP contribution in [0.25, 0.3) is 0 Å². The number of carboxylic acid groups (broad SMARTS) is 1. The molecular weight excluding hydrogens is 260 g/mol. The maximum absolute atomic E-state index is 11.8. The van der Waals surface area contributed by atoms with Gasteiger partial charge in [-0.05, 0) is 25.7 Å². The monoisotopic (exact) mass is 282 g/mol. The quantitative estimate of drug-likeness (QED) is 0.540. The second kappa shape index (κ2) is 9.21. The van der Waals surface area contributed by atoms with Crippen LogP contribution in [0.2, 0.25) is 0 Å². The van der Waals surface area contributed by atoms with Gasteiger partial charge in [0, 0.05) is 26.1 Å². The van der Waals surface area contributed by atoms with Gasteiger partial charge in [0.05, 0.1) is 6.10 Å². The van der Waals surface area contributed by atoms with Crippen LogP contribution in [0.1, 0.15) is 32.1 Å². The molecule has 0 atom stereocenters. The summed E-state index contributed by atoms with van der Waals surface area (Å²) < 4.78 is 5.22. The molecule has 1 fully saturated rings. The van der Waals surface area contributed by atoms with Gasteiger partial charge in [0.15, 0.2) is 0 Å². The number of hydrogen-bond acceptors (Lipinski definition) is 3. The predicted octanol–water partition coefficient (Wildman–Crippen LogP) is 1.07. The molecule has 0 aromatic carbocycles. The lowest BCUT2D eigenvalue weighted by atomic mass is 10.1. The SMILES string of the molecule is C#CCCCCNC(=O)N1CCC(OCC(=O)O)CC1. The fraction of sp³-hybridized carbons (Fsp3) is 0.714. The summed E-state index contributed by atoms with van der Waals surface area (Å²) in [4.78, 5) is 24.0. The Labute approximate surface area is 119 Å². The number of hydrogen-bond donors (Lipinski definition) is 2. The standard InChI is InChI=1S/C14H22N2O4/c1-2-3-4-5-8-15-14(19)16-9-6-12(7-10-16)20-11-13(17)18/h1,12H,3-11H2,(H,15,19)(H,17,18). The average molecular weight is 282 g/mol. The summed E-state index contributed by atoms with van der Waals surface area (Å²) in [5, 5.41) is 11.4. The van der Waals surface area contributed by atoms with E-state index in [9.17, 15) is 9.59 Å². The Kier molecular flexibility index (Phi) is 7.51. The molecule has 6 nitrogen and oxygen atoms in total. The Balaban J connectivity index is 2.12. The number of carboxylic acids is 1. The number of unbranched alkanes of at least 4 members (excludes halogenated alkanes) is 2. The smallest absolute Gasteiger partial charge is 0.329 e. The Morgan fingerprint density at radius 1 is 1.35 bits per heavy atom. The first-order chi connectivity index (χ1) is 9.63. The van der Waals surface area contributed by atoms with E-state index in [4.69, 9.17) is 16.3 Å². The Morgan fingerprint density at radius 2 is 2.05 bits per heavy atom. The van der Waals surface area contributed by atoms with Crippen molar-refractivity contribution < 1.29 is 19.4 Å². The molecule has 1 saturated heterocycles. The highest BCUT2D eigenvalue weighted by Gasteiger charge is 2.23. The maximum atomic E-state index is 11.8. The molecule has 0 radical (unpaired) electrons. The van der Waals surface area contributed by atoms with Crippen LogP contribution in [-0.4, -0.2) is 54.4 Å². The third-order valence-electron chi connectivity index (χ3n) is 3.20. The number of aliphatic carboxylic acids is 1. The van der Waals surface area contributed by atoms with E-state index in [2.05, 4.69) is 11.2 Å². The molecule has 0 spiro atoms. The second-order valence-corrected chi connectivity index (χ2v) is 4.78. The number of nitrogens with one attached hydrogen (secondary N) is 1. The first-order valence-corrected chi connectivity index (χ1v) is 6.93. The minimum Gasteiger partial charge on any atom is -0.480 e. The molecule has 112 valence electrons. The van der Waals surface area contributed by atoms with Crippen molar-refractivity contribution in [3.05, 3.63) is 0 Å². The van der Waals surface area contributed by atoms with Gasteiger partial charge in [-0.2, -0.15) is 0 Å². The Bertz CT molecular complexity index is 357. The number of carbonyl (C=O) groups excluding carboxylic acids is 1. The number of piperidine rings is 1. The summed E-state index contributed by atoms with van der Waals surface area (Å²) in [5.74, 6) is 1.60. The number of urea groups is 1. The van der Waals surface area contributed by atoms with Crippen molar-refractivity contribution in [2.24, 2.45) is 0 Å². The van der Waals surface area contributed by atoms with Gasteiger partial charge in [-0.1, -0.05) is 0 Å². The topological polar surface area (TPSA) is 78.9 Å². The van der Waals surface area contributed by atoms with Crippen LogP contribution in [0.5, 0.6) is 0 Å². The summed E-state index contributed by atoms with van der Waals surface area (Å²) in [7, 11) is 0. The van der Waals surface area contributed by atoms with Crippen molar-refractivity contribution in [3.63, 3.8) is 0 Å². The lowest BCUT2D eigenvalue weighted by Gasteiger charge is -2.31. The minimum absolute atomic E-state index is 0.0641.